The van der Waals surface area contributed by atoms with Gasteiger partial charge in [-0.25, -0.2) is 9.97 Å². The molecule has 0 bridgehead atoms. The molecule has 1 fully saturated rings. The van der Waals surface area contributed by atoms with Gasteiger partial charge in [-0.15, -0.1) is 0 Å². The van der Waals surface area contributed by atoms with Crippen molar-refractivity contribution in [1.82, 2.24) is 14.5 Å². The van der Waals surface area contributed by atoms with Crippen molar-refractivity contribution in [2.75, 3.05) is 18.7 Å². The minimum Gasteiger partial charge on any atom is -0.481 e. The number of rotatable bonds is 9. The number of hydrogen-bond acceptors (Lipinski definition) is 11. The molecular weight excluding hydrogens is 437 g/mol. The lowest BCUT2D eigenvalue weighted by Gasteiger charge is -2.19. The highest BCUT2D eigenvalue weighted by atomic mass is 31.2. The molecule has 0 aliphatic carbocycles. The van der Waals surface area contributed by atoms with Crippen LogP contribution in [0.1, 0.15) is 19.1 Å². The van der Waals surface area contributed by atoms with E-state index in [9.17, 15) is 24.2 Å². The van der Waals surface area contributed by atoms with Crippen LogP contribution in [-0.4, -0.2) is 72.8 Å². The first-order chi connectivity index (χ1) is 14.6. The number of aliphatic carboxylic acids is 1. The number of aliphatic hydroxyl groups excluding tert-OH is 1. The predicted molar refractivity (Wildman–Crippen MR) is 103 cm³/mol. The zero-order valence-electron chi connectivity index (χ0n) is 16.1. The van der Waals surface area contributed by atoms with Crippen molar-refractivity contribution >= 4 is 36.4 Å². The molecule has 1 unspecified atom stereocenters. The van der Waals surface area contributed by atoms with E-state index in [0.717, 1.165) is 0 Å². The van der Waals surface area contributed by atoms with Crippen LogP contribution in [0.15, 0.2) is 18.6 Å². The highest BCUT2D eigenvalue weighted by Gasteiger charge is 2.37. The predicted octanol–water partition coefficient (Wildman–Crippen LogP) is -0.833. The summed E-state index contributed by atoms with van der Waals surface area (Å²) in [5.74, 6) is -2.18. The first-order valence-corrected chi connectivity index (χ1v) is 10.8. The molecule has 1 saturated heterocycles. The summed E-state index contributed by atoms with van der Waals surface area (Å²) in [7, 11) is -4.41. The molecule has 0 radical (unpaired) electrons. The van der Waals surface area contributed by atoms with Crippen LogP contribution in [0.25, 0.3) is 11.0 Å². The van der Waals surface area contributed by atoms with E-state index in [0.29, 0.717) is 16.9 Å². The largest absolute Gasteiger partial charge is 0.481 e. The standard InChI is InChI=1S/C16H22N5O9P/c17-9(3-13(23)24)16(25)28-7-31(26,27)29-5-11-10(22)4-12(30-11)21-2-1-8-14(18)19-6-20-15(8)21/h1-2,6,9-12,22H,3-5,7,17H2,(H,23,24)(H,26,27)(H2,18,19,20)/t9-,10-,11+,12+/m0/s1. The van der Waals surface area contributed by atoms with Gasteiger partial charge in [-0.2, -0.15) is 0 Å². The van der Waals surface area contributed by atoms with Crippen LogP contribution in [0.3, 0.4) is 0 Å². The smallest absolute Gasteiger partial charge is 0.365 e. The first-order valence-electron chi connectivity index (χ1n) is 9.08. The molecule has 5 atom stereocenters. The molecule has 31 heavy (non-hydrogen) atoms. The van der Waals surface area contributed by atoms with Gasteiger partial charge in [0.1, 0.15) is 36.2 Å². The number of carbonyl (C=O) groups is 2. The second-order valence-electron chi connectivity index (χ2n) is 6.88. The topological polar surface area (TPSA) is 222 Å². The molecule has 2 aromatic heterocycles. The number of fused-ring (bicyclic) bond motifs is 1. The molecule has 3 rings (SSSR count). The van der Waals surface area contributed by atoms with Crippen LogP contribution >= 0.6 is 7.60 Å². The van der Waals surface area contributed by atoms with E-state index >= 15 is 0 Å². The van der Waals surface area contributed by atoms with E-state index in [4.69, 9.17) is 25.8 Å². The maximum absolute atomic E-state index is 12.1. The molecule has 170 valence electrons. The molecule has 0 saturated carbocycles. The Hall–Kier alpha value is -2.61. The van der Waals surface area contributed by atoms with Gasteiger partial charge in [-0.3, -0.25) is 14.2 Å². The Morgan fingerprint density at radius 3 is 2.87 bits per heavy atom. The van der Waals surface area contributed by atoms with Crippen molar-refractivity contribution in [2.45, 2.75) is 37.3 Å². The number of hydrogen-bond donors (Lipinski definition) is 5. The normalized spacial score (nSPS) is 24.0. The molecule has 7 N–H and O–H groups in total. The molecule has 0 amide bonds. The van der Waals surface area contributed by atoms with Gasteiger partial charge in [0.05, 0.1) is 24.5 Å². The van der Waals surface area contributed by atoms with Gasteiger partial charge in [0.15, 0.2) is 6.35 Å². The average Bonchev–Trinajstić information content (AvgIpc) is 3.28. The summed E-state index contributed by atoms with van der Waals surface area (Å²) in [6.07, 6.45) is -1.15. The maximum atomic E-state index is 12.1. The number of nitrogens with two attached hydrogens (primary N) is 2. The number of carbonyl (C=O) groups excluding carboxylic acids is 1. The molecule has 15 heteroatoms. The van der Waals surface area contributed by atoms with E-state index in [1.54, 1.807) is 16.8 Å². The van der Waals surface area contributed by atoms with Crippen LogP contribution in [0.4, 0.5) is 5.82 Å². The number of esters is 1. The monoisotopic (exact) mass is 459 g/mol. The summed E-state index contributed by atoms with van der Waals surface area (Å²) < 4.78 is 28.9. The Kier molecular flexibility index (Phi) is 6.89. The average molecular weight is 459 g/mol. The number of nitrogen functional groups attached to an aromatic ring is 1. The van der Waals surface area contributed by atoms with Gasteiger partial charge >= 0.3 is 19.5 Å². The number of carboxylic acid groups (broad SMARTS) is 1. The van der Waals surface area contributed by atoms with E-state index < -0.39 is 63.4 Å². The summed E-state index contributed by atoms with van der Waals surface area (Å²) in [6.45, 7) is -0.458. The SMILES string of the molecule is Nc1ncnc2c1ccn2[C@H]1C[C@H](O)[C@@H](COP(=O)(O)COC(=O)[C@@H](N)CC(=O)O)O1. The highest BCUT2D eigenvalue weighted by Crippen LogP contribution is 2.43. The van der Waals surface area contributed by atoms with Crippen molar-refractivity contribution in [2.24, 2.45) is 5.73 Å². The Bertz CT molecular complexity index is 1010. The van der Waals surface area contributed by atoms with Crippen molar-refractivity contribution in [3.63, 3.8) is 0 Å². The van der Waals surface area contributed by atoms with Gasteiger partial charge in [0.2, 0.25) is 0 Å². The number of anilines is 1. The molecular formula is C16H22N5O9P. The van der Waals surface area contributed by atoms with Crippen LogP contribution in [-0.2, 0) is 28.2 Å². The van der Waals surface area contributed by atoms with E-state index in [1.165, 1.54) is 6.33 Å². The summed E-state index contributed by atoms with van der Waals surface area (Å²) in [5, 5.41) is 19.4. The number of ether oxygens (including phenoxy) is 2. The van der Waals surface area contributed by atoms with E-state index in [2.05, 4.69) is 14.7 Å². The molecule has 0 spiro atoms. The van der Waals surface area contributed by atoms with E-state index in [-0.39, 0.29) is 6.42 Å². The zero-order valence-corrected chi connectivity index (χ0v) is 17.0. The van der Waals surface area contributed by atoms with Crippen molar-refractivity contribution in [3.8, 4) is 0 Å². The summed E-state index contributed by atoms with van der Waals surface area (Å²) in [4.78, 5) is 40.0. The number of aliphatic hydroxyl groups is 1. The van der Waals surface area contributed by atoms with Crippen molar-refractivity contribution in [1.29, 1.82) is 0 Å². The third kappa shape index (κ3) is 5.55. The van der Waals surface area contributed by atoms with Crippen molar-refractivity contribution < 1.29 is 43.3 Å². The van der Waals surface area contributed by atoms with E-state index in [1.807, 2.05) is 0 Å². The number of carboxylic acids is 1. The minimum atomic E-state index is -4.41. The van der Waals surface area contributed by atoms with Crippen LogP contribution in [0.2, 0.25) is 0 Å². The van der Waals surface area contributed by atoms with Crippen LogP contribution < -0.4 is 11.5 Å². The molecule has 3 heterocycles. The van der Waals surface area contributed by atoms with Gasteiger partial charge in [0, 0.05) is 12.6 Å². The summed E-state index contributed by atoms with van der Waals surface area (Å²) >= 11 is 0. The van der Waals surface area contributed by atoms with Gasteiger partial charge < -0.3 is 45.1 Å². The van der Waals surface area contributed by atoms with Gasteiger partial charge in [0.25, 0.3) is 0 Å². The minimum absolute atomic E-state index is 0.163. The Balaban J connectivity index is 1.54. The molecule has 0 aromatic carbocycles. The second-order valence-corrected chi connectivity index (χ2v) is 8.67. The van der Waals surface area contributed by atoms with Crippen LogP contribution in [0.5, 0.6) is 0 Å². The number of aromatic nitrogens is 3. The molecule has 1 aliphatic rings. The Labute approximate surface area is 175 Å². The van der Waals surface area contributed by atoms with Crippen LogP contribution in [0, 0.1) is 0 Å². The third-order valence-corrected chi connectivity index (χ3v) is 5.57. The second kappa shape index (κ2) is 9.26. The van der Waals surface area contributed by atoms with Gasteiger partial charge in [-0.1, -0.05) is 0 Å². The summed E-state index contributed by atoms with van der Waals surface area (Å²) in [6, 6.07) is 0.225. The fourth-order valence-electron chi connectivity index (χ4n) is 3.01. The maximum Gasteiger partial charge on any atom is 0.365 e. The Morgan fingerprint density at radius 2 is 2.16 bits per heavy atom. The quantitative estimate of drug-likeness (QED) is 0.228. The molecule has 1 aliphatic heterocycles. The highest BCUT2D eigenvalue weighted by molar-refractivity contribution is 7.52. The molecule has 2 aromatic rings. The lowest BCUT2D eigenvalue weighted by atomic mass is 10.2. The lowest BCUT2D eigenvalue weighted by molar-refractivity contribution is -0.148. The zero-order chi connectivity index (χ0) is 22.8. The first kappa shape index (κ1) is 23.1. The van der Waals surface area contributed by atoms with Gasteiger partial charge in [-0.05, 0) is 6.07 Å². The van der Waals surface area contributed by atoms with Crippen molar-refractivity contribution in [3.05, 3.63) is 18.6 Å². The Morgan fingerprint density at radius 1 is 1.42 bits per heavy atom. The molecule has 14 nitrogen and oxygen atoms in total. The lowest BCUT2D eigenvalue weighted by Crippen LogP contribution is -2.34. The third-order valence-electron chi connectivity index (χ3n) is 4.56. The summed E-state index contributed by atoms with van der Waals surface area (Å²) in [5.41, 5.74) is 11.6. The fraction of sp³-hybridized carbons (Fsp3) is 0.500. The fourth-order valence-corrected chi connectivity index (χ4v) is 3.75. The number of nitrogens with zero attached hydrogens (tertiary/aromatic N) is 3.